The van der Waals surface area contributed by atoms with Gasteiger partial charge in [-0.2, -0.15) is 0 Å². The molecule has 4 rings (SSSR count). The summed E-state index contributed by atoms with van der Waals surface area (Å²) in [5.41, 5.74) is 1.84. The molecule has 0 amide bonds. The molecule has 2 aromatic rings. The Labute approximate surface area is 119 Å². The topological polar surface area (TPSA) is 35.3 Å². The van der Waals surface area contributed by atoms with Crippen LogP contribution in [0.5, 0.6) is 5.75 Å². The van der Waals surface area contributed by atoms with E-state index in [0.29, 0.717) is 5.92 Å². The fraction of sp³-hybridized carbons (Fsp3) is 0.588. The van der Waals surface area contributed by atoms with Crippen molar-refractivity contribution >= 4 is 11.1 Å². The molecule has 2 aliphatic carbocycles. The predicted molar refractivity (Wildman–Crippen MR) is 78.1 cm³/mol. The van der Waals surface area contributed by atoms with Crippen LogP contribution in [0.15, 0.2) is 22.6 Å². The Hall–Kier alpha value is -1.51. The Kier molecular flexibility index (Phi) is 3.13. The average Bonchev–Trinajstić information content (AvgIpc) is 3.23. The van der Waals surface area contributed by atoms with Crippen molar-refractivity contribution in [3.63, 3.8) is 0 Å². The van der Waals surface area contributed by atoms with Crippen LogP contribution in [0.4, 0.5) is 0 Å². The molecule has 1 aromatic carbocycles. The summed E-state index contributed by atoms with van der Waals surface area (Å²) in [5.74, 6) is 3.14. The third-order valence-corrected chi connectivity index (χ3v) is 4.51. The van der Waals surface area contributed by atoms with Crippen molar-refractivity contribution < 1.29 is 9.15 Å². The van der Waals surface area contributed by atoms with E-state index in [1.165, 1.54) is 44.9 Å². The van der Waals surface area contributed by atoms with Crippen LogP contribution in [0.25, 0.3) is 11.1 Å². The molecule has 0 atom stereocenters. The maximum atomic E-state index is 5.98. The van der Waals surface area contributed by atoms with Gasteiger partial charge in [0.15, 0.2) is 11.5 Å². The molecule has 0 bridgehead atoms. The highest BCUT2D eigenvalue weighted by Gasteiger charge is 2.23. The zero-order chi connectivity index (χ0) is 13.4. The van der Waals surface area contributed by atoms with Gasteiger partial charge in [0, 0.05) is 12.0 Å². The highest BCUT2D eigenvalue weighted by atomic mass is 16.5. The number of oxazole rings is 1. The highest BCUT2D eigenvalue weighted by molar-refractivity contribution is 5.74. The van der Waals surface area contributed by atoms with Gasteiger partial charge in [-0.3, -0.25) is 0 Å². The molecule has 3 nitrogen and oxygen atoms in total. The van der Waals surface area contributed by atoms with E-state index in [1.54, 1.807) is 0 Å². The lowest BCUT2D eigenvalue weighted by Crippen LogP contribution is -2.04. The van der Waals surface area contributed by atoms with Gasteiger partial charge in [0.2, 0.25) is 0 Å². The van der Waals surface area contributed by atoms with Crippen molar-refractivity contribution in [2.75, 3.05) is 6.61 Å². The summed E-state index contributed by atoms with van der Waals surface area (Å²) >= 11 is 0. The lowest BCUT2D eigenvalue weighted by atomic mass is 9.89. The number of fused-ring (bicyclic) bond motifs is 1. The van der Waals surface area contributed by atoms with Crippen LogP contribution in [-0.4, -0.2) is 11.6 Å². The van der Waals surface area contributed by atoms with Crippen LogP contribution in [0.3, 0.4) is 0 Å². The largest absolute Gasteiger partial charge is 0.493 e. The normalized spacial score (nSPS) is 20.4. The van der Waals surface area contributed by atoms with E-state index in [-0.39, 0.29) is 0 Å². The van der Waals surface area contributed by atoms with Gasteiger partial charge in [-0.05, 0) is 43.7 Å². The van der Waals surface area contributed by atoms with Gasteiger partial charge in [0.05, 0.1) is 6.61 Å². The Morgan fingerprint density at radius 3 is 2.75 bits per heavy atom. The minimum Gasteiger partial charge on any atom is -0.493 e. The first-order valence-electron chi connectivity index (χ1n) is 7.92. The molecule has 3 heteroatoms. The number of nitrogens with zero attached hydrogens (tertiary/aromatic N) is 1. The molecule has 2 aliphatic rings. The number of hydrogen-bond acceptors (Lipinski definition) is 3. The lowest BCUT2D eigenvalue weighted by molar-refractivity contribution is 0.299. The number of rotatable bonds is 4. The molecule has 1 aromatic heterocycles. The molecule has 0 aliphatic heterocycles. The van der Waals surface area contributed by atoms with Crippen LogP contribution in [0, 0.1) is 5.92 Å². The second-order valence-corrected chi connectivity index (χ2v) is 6.27. The van der Waals surface area contributed by atoms with Crippen molar-refractivity contribution in [2.24, 2.45) is 5.92 Å². The molecule has 0 spiro atoms. The van der Waals surface area contributed by atoms with Crippen LogP contribution in [0.2, 0.25) is 0 Å². The first-order chi connectivity index (χ1) is 9.88. The van der Waals surface area contributed by atoms with Crippen LogP contribution >= 0.6 is 0 Å². The molecule has 0 saturated heterocycles. The number of benzene rings is 1. The Morgan fingerprint density at radius 2 is 1.95 bits per heavy atom. The fourth-order valence-corrected chi connectivity index (χ4v) is 3.04. The molecule has 2 saturated carbocycles. The molecule has 0 N–H and O–H groups in total. The van der Waals surface area contributed by atoms with E-state index in [2.05, 4.69) is 4.98 Å². The molecule has 106 valence electrons. The maximum Gasteiger partial charge on any atom is 0.198 e. The maximum absolute atomic E-state index is 5.98. The van der Waals surface area contributed by atoms with Crippen molar-refractivity contribution in [3.8, 4) is 5.75 Å². The SMILES string of the molecule is c1cc2nc(C3CCCCC3)oc2cc1OCC1CC1. The molecule has 20 heavy (non-hydrogen) atoms. The van der Waals surface area contributed by atoms with Gasteiger partial charge in [0.25, 0.3) is 0 Å². The van der Waals surface area contributed by atoms with Gasteiger partial charge in [0.1, 0.15) is 11.3 Å². The van der Waals surface area contributed by atoms with Gasteiger partial charge in [-0.25, -0.2) is 4.98 Å². The number of ether oxygens (including phenoxy) is 1. The summed E-state index contributed by atoms with van der Waals surface area (Å²) in [5, 5.41) is 0. The zero-order valence-corrected chi connectivity index (χ0v) is 11.8. The average molecular weight is 271 g/mol. The van der Waals surface area contributed by atoms with Crippen molar-refractivity contribution in [2.45, 2.75) is 50.9 Å². The zero-order valence-electron chi connectivity index (χ0n) is 11.8. The minimum atomic E-state index is 0.520. The van der Waals surface area contributed by atoms with Crippen LogP contribution in [-0.2, 0) is 0 Å². The van der Waals surface area contributed by atoms with E-state index < -0.39 is 0 Å². The summed E-state index contributed by atoms with van der Waals surface area (Å²) in [6.45, 7) is 0.842. The second-order valence-electron chi connectivity index (χ2n) is 6.27. The van der Waals surface area contributed by atoms with Crippen molar-refractivity contribution in [1.29, 1.82) is 0 Å². The number of hydrogen-bond donors (Lipinski definition) is 0. The summed E-state index contributed by atoms with van der Waals surface area (Å²) in [6.07, 6.45) is 9.04. The van der Waals surface area contributed by atoms with E-state index in [9.17, 15) is 0 Å². The molecule has 0 radical (unpaired) electrons. The van der Waals surface area contributed by atoms with Crippen molar-refractivity contribution in [3.05, 3.63) is 24.1 Å². The smallest absolute Gasteiger partial charge is 0.198 e. The third kappa shape index (κ3) is 2.54. The monoisotopic (exact) mass is 271 g/mol. The predicted octanol–water partition coefficient (Wildman–Crippen LogP) is 4.66. The molecular formula is C17H21NO2. The fourth-order valence-electron chi connectivity index (χ4n) is 3.04. The third-order valence-electron chi connectivity index (χ3n) is 4.51. The number of aromatic nitrogens is 1. The first kappa shape index (κ1) is 12.2. The molecule has 1 heterocycles. The molecule has 0 unspecified atom stereocenters. The quantitative estimate of drug-likeness (QED) is 0.811. The highest BCUT2D eigenvalue weighted by Crippen LogP contribution is 2.35. The summed E-state index contributed by atoms with van der Waals surface area (Å²) in [4.78, 5) is 4.66. The Bertz CT molecular complexity index is 594. The van der Waals surface area contributed by atoms with E-state index in [4.69, 9.17) is 9.15 Å². The minimum absolute atomic E-state index is 0.520. The standard InChI is InChI=1S/C17H21NO2/c1-2-4-13(5-3-1)17-18-15-9-8-14(10-16(15)20-17)19-11-12-6-7-12/h8-10,12-13H,1-7,11H2. The van der Waals surface area contributed by atoms with Gasteiger partial charge < -0.3 is 9.15 Å². The van der Waals surface area contributed by atoms with Gasteiger partial charge in [-0.1, -0.05) is 19.3 Å². The molecular weight excluding hydrogens is 250 g/mol. The Morgan fingerprint density at radius 1 is 1.10 bits per heavy atom. The Balaban J connectivity index is 1.54. The van der Waals surface area contributed by atoms with E-state index >= 15 is 0 Å². The second kappa shape index (κ2) is 5.12. The summed E-state index contributed by atoms with van der Waals surface area (Å²) in [6, 6.07) is 6.03. The van der Waals surface area contributed by atoms with E-state index in [1.807, 2.05) is 18.2 Å². The first-order valence-corrected chi connectivity index (χ1v) is 7.92. The summed E-state index contributed by atoms with van der Waals surface area (Å²) < 4.78 is 11.8. The van der Waals surface area contributed by atoms with Crippen molar-refractivity contribution in [1.82, 2.24) is 4.98 Å². The van der Waals surface area contributed by atoms with Gasteiger partial charge in [-0.15, -0.1) is 0 Å². The van der Waals surface area contributed by atoms with Crippen LogP contribution in [0.1, 0.15) is 56.8 Å². The van der Waals surface area contributed by atoms with Gasteiger partial charge >= 0.3 is 0 Å². The summed E-state index contributed by atoms with van der Waals surface area (Å²) in [7, 11) is 0. The van der Waals surface area contributed by atoms with E-state index in [0.717, 1.165) is 35.3 Å². The molecule has 2 fully saturated rings. The van der Waals surface area contributed by atoms with Crippen LogP contribution < -0.4 is 4.74 Å². The lowest BCUT2D eigenvalue weighted by Gasteiger charge is -2.17.